The van der Waals surface area contributed by atoms with E-state index in [2.05, 4.69) is 15.6 Å². The van der Waals surface area contributed by atoms with E-state index in [1.807, 2.05) is 26.0 Å². The average Bonchev–Trinajstić information content (AvgIpc) is 3.47. The first-order chi connectivity index (χ1) is 16.4. The van der Waals surface area contributed by atoms with Gasteiger partial charge in [-0.1, -0.05) is 18.2 Å². The first-order valence-corrected chi connectivity index (χ1v) is 11.4. The number of hydrogen-bond donors (Lipinski definition) is 2. The minimum Gasteiger partial charge on any atom is -0.464 e. The van der Waals surface area contributed by atoms with Gasteiger partial charge in [0.25, 0.3) is 0 Å². The van der Waals surface area contributed by atoms with Crippen molar-refractivity contribution in [3.8, 4) is 0 Å². The van der Waals surface area contributed by atoms with Crippen molar-refractivity contribution >= 4 is 34.3 Å². The number of rotatable bonds is 8. The zero-order chi connectivity index (χ0) is 24.2. The van der Waals surface area contributed by atoms with Gasteiger partial charge in [0.2, 0.25) is 5.91 Å². The number of methoxy groups -OCH3 is 1. The molecule has 1 amide bonds. The second kappa shape index (κ2) is 10.2. The molecule has 1 aromatic carbocycles. The molecule has 4 rings (SSSR count). The highest BCUT2D eigenvalue weighted by molar-refractivity contribution is 6.11. The molecule has 2 atom stereocenters. The summed E-state index contributed by atoms with van der Waals surface area (Å²) in [6.07, 6.45) is 2.79. The van der Waals surface area contributed by atoms with E-state index in [0.29, 0.717) is 60.6 Å². The lowest BCUT2D eigenvalue weighted by molar-refractivity contribution is -0.119. The Bertz CT molecular complexity index is 1200. The summed E-state index contributed by atoms with van der Waals surface area (Å²) in [5.74, 6) is -1.28. The largest absolute Gasteiger partial charge is 0.464 e. The van der Waals surface area contributed by atoms with E-state index in [9.17, 15) is 14.0 Å². The lowest BCUT2D eigenvalue weighted by Gasteiger charge is -2.16. The monoisotopic (exact) mass is 468 g/mol. The van der Waals surface area contributed by atoms with E-state index < -0.39 is 5.97 Å². The highest BCUT2D eigenvalue weighted by Gasteiger charge is 2.29. The van der Waals surface area contributed by atoms with Crippen LogP contribution >= 0.6 is 0 Å². The maximum Gasteiger partial charge on any atom is 0.356 e. The highest BCUT2D eigenvalue weighted by Crippen LogP contribution is 2.33. The number of nitrogens with one attached hydrogen (secondary N) is 2. The minimum absolute atomic E-state index is 0.0850. The van der Waals surface area contributed by atoms with Crippen LogP contribution in [-0.2, 0) is 27.2 Å². The van der Waals surface area contributed by atoms with Crippen molar-refractivity contribution in [2.45, 2.75) is 39.3 Å². The van der Waals surface area contributed by atoms with E-state index >= 15 is 0 Å². The lowest BCUT2D eigenvalue weighted by Crippen LogP contribution is -2.24. The number of pyridine rings is 1. The molecule has 8 nitrogen and oxygen atoms in total. The summed E-state index contributed by atoms with van der Waals surface area (Å²) < 4.78 is 26.1. The third-order valence-electron chi connectivity index (χ3n) is 6.04. The number of halogens is 1. The smallest absolute Gasteiger partial charge is 0.356 e. The topological polar surface area (TPSA) is 94.5 Å². The zero-order valence-corrected chi connectivity index (χ0v) is 19.6. The molecule has 1 fully saturated rings. The van der Waals surface area contributed by atoms with Gasteiger partial charge in [-0.3, -0.25) is 4.79 Å². The summed E-state index contributed by atoms with van der Waals surface area (Å²) in [5.41, 5.74) is 2.50. The molecule has 3 heterocycles. The maximum atomic E-state index is 14.1. The van der Waals surface area contributed by atoms with Crippen molar-refractivity contribution in [3.05, 3.63) is 53.6 Å². The Morgan fingerprint density at radius 1 is 1.35 bits per heavy atom. The van der Waals surface area contributed by atoms with Gasteiger partial charge in [0.05, 0.1) is 37.2 Å². The molecule has 0 saturated carbocycles. The van der Waals surface area contributed by atoms with E-state index in [0.717, 1.165) is 0 Å². The van der Waals surface area contributed by atoms with Crippen molar-refractivity contribution in [2.75, 3.05) is 31.0 Å². The Morgan fingerprint density at radius 2 is 2.15 bits per heavy atom. The zero-order valence-electron chi connectivity index (χ0n) is 19.6. The average molecular weight is 469 g/mol. The fourth-order valence-corrected chi connectivity index (χ4v) is 4.34. The van der Waals surface area contributed by atoms with Gasteiger partial charge in [0.1, 0.15) is 11.5 Å². The summed E-state index contributed by atoms with van der Waals surface area (Å²) >= 11 is 0. The Kier molecular flexibility index (Phi) is 7.12. The van der Waals surface area contributed by atoms with Crippen LogP contribution in [0.2, 0.25) is 0 Å². The van der Waals surface area contributed by atoms with Crippen molar-refractivity contribution in [1.29, 1.82) is 0 Å². The number of aromatic nitrogens is 2. The van der Waals surface area contributed by atoms with Gasteiger partial charge in [-0.25, -0.2) is 14.2 Å². The maximum absolute atomic E-state index is 14.1. The molecule has 0 radical (unpaired) electrons. The normalized spacial score (nSPS) is 16.4. The first-order valence-electron chi connectivity index (χ1n) is 11.4. The van der Waals surface area contributed by atoms with E-state index in [1.54, 1.807) is 22.9 Å². The second-order valence-electron chi connectivity index (χ2n) is 8.45. The number of ether oxygens (including phenoxy) is 2. The van der Waals surface area contributed by atoms with Crippen molar-refractivity contribution < 1.29 is 23.5 Å². The number of benzene rings is 1. The Labute approximate surface area is 197 Å². The fourth-order valence-electron chi connectivity index (χ4n) is 4.34. The fraction of sp³-hybridized carbons (Fsp3) is 0.400. The number of fused-ring (bicyclic) bond motifs is 1. The van der Waals surface area contributed by atoms with Gasteiger partial charge in [0, 0.05) is 24.6 Å². The van der Waals surface area contributed by atoms with Gasteiger partial charge in [-0.2, -0.15) is 0 Å². The van der Waals surface area contributed by atoms with E-state index in [4.69, 9.17) is 9.47 Å². The van der Waals surface area contributed by atoms with Crippen LogP contribution in [0.4, 0.5) is 15.8 Å². The third-order valence-corrected chi connectivity index (χ3v) is 6.04. The summed E-state index contributed by atoms with van der Waals surface area (Å²) in [6.45, 7) is 5.20. The number of esters is 1. The van der Waals surface area contributed by atoms with Crippen molar-refractivity contribution in [2.24, 2.45) is 5.92 Å². The number of anilines is 2. The predicted octanol–water partition coefficient (Wildman–Crippen LogP) is 4.00. The molecule has 1 saturated heterocycles. The van der Waals surface area contributed by atoms with Gasteiger partial charge in [-0.05, 0) is 44.4 Å². The van der Waals surface area contributed by atoms with Crippen molar-refractivity contribution in [1.82, 2.24) is 9.55 Å². The van der Waals surface area contributed by atoms with Crippen molar-refractivity contribution in [3.63, 3.8) is 0 Å². The molecule has 180 valence electrons. The van der Waals surface area contributed by atoms with Crippen LogP contribution in [-0.4, -0.2) is 47.8 Å². The van der Waals surface area contributed by atoms with Crippen LogP contribution < -0.4 is 10.6 Å². The number of nitrogens with zero attached hydrogens (tertiary/aromatic N) is 2. The number of hydrogen-bond acceptors (Lipinski definition) is 6. The highest BCUT2D eigenvalue weighted by atomic mass is 19.1. The third kappa shape index (κ3) is 4.75. The summed E-state index contributed by atoms with van der Waals surface area (Å²) in [7, 11) is 1.31. The van der Waals surface area contributed by atoms with E-state index in [1.165, 1.54) is 13.2 Å². The quantitative estimate of drug-likeness (QED) is 0.486. The van der Waals surface area contributed by atoms with Crippen LogP contribution in [0, 0.1) is 11.7 Å². The number of amides is 1. The summed E-state index contributed by atoms with van der Waals surface area (Å²) in [4.78, 5) is 30.2. The lowest BCUT2D eigenvalue weighted by atomic mass is 10.1. The van der Waals surface area contributed by atoms with Crippen LogP contribution in [0.25, 0.3) is 11.0 Å². The molecule has 9 heteroatoms. The van der Waals surface area contributed by atoms with Crippen LogP contribution in [0.1, 0.15) is 36.3 Å². The number of carbonyl (C=O) groups is 2. The standard InChI is InChI=1S/C25H29FN4O4/c1-4-30-22(25(32)33-3)21(29-24(31)17-9-10-34-14-17)19-12-18(13-27-23(19)30)28-15(2)11-16-7-5-6-8-20(16)26/h5-8,12-13,15,17,28H,4,9-11,14H2,1-3H3,(H,29,31). The van der Waals surface area contributed by atoms with Crippen LogP contribution in [0.3, 0.4) is 0 Å². The van der Waals surface area contributed by atoms with E-state index in [-0.39, 0.29) is 29.4 Å². The molecular formula is C25H29FN4O4. The van der Waals surface area contributed by atoms with Gasteiger partial charge in [0.15, 0.2) is 5.69 Å². The molecule has 2 unspecified atom stereocenters. The molecule has 2 N–H and O–H groups in total. The molecule has 0 aliphatic carbocycles. The molecule has 0 bridgehead atoms. The molecule has 1 aliphatic rings. The van der Waals surface area contributed by atoms with Gasteiger partial charge >= 0.3 is 5.97 Å². The molecule has 1 aliphatic heterocycles. The second-order valence-corrected chi connectivity index (χ2v) is 8.45. The first kappa shape index (κ1) is 23.7. The minimum atomic E-state index is -0.555. The van der Waals surface area contributed by atoms with Crippen LogP contribution in [0.15, 0.2) is 36.5 Å². The number of aryl methyl sites for hydroxylation is 1. The van der Waals surface area contributed by atoms with Crippen LogP contribution in [0.5, 0.6) is 0 Å². The number of carbonyl (C=O) groups excluding carboxylic acids is 2. The Hall–Kier alpha value is -3.46. The van der Waals surface area contributed by atoms with Gasteiger partial charge < -0.3 is 24.7 Å². The Balaban J connectivity index is 1.68. The SMILES string of the molecule is CCn1c(C(=O)OC)c(NC(=O)C2CCOC2)c2cc(NC(C)Cc3ccccc3F)cnc21. The molecule has 34 heavy (non-hydrogen) atoms. The summed E-state index contributed by atoms with van der Waals surface area (Å²) in [5, 5.41) is 6.91. The molecule has 3 aromatic rings. The molecule has 2 aromatic heterocycles. The molecular weight excluding hydrogens is 439 g/mol. The predicted molar refractivity (Wildman–Crippen MR) is 127 cm³/mol. The Morgan fingerprint density at radius 3 is 2.82 bits per heavy atom. The van der Waals surface area contributed by atoms with Gasteiger partial charge in [-0.15, -0.1) is 0 Å². The molecule has 0 spiro atoms. The summed E-state index contributed by atoms with van der Waals surface area (Å²) in [6, 6.07) is 8.45.